The lowest BCUT2D eigenvalue weighted by Crippen LogP contribution is -2.32. The number of benzene rings is 2. The minimum Gasteiger partial charge on any atom is -0.329 e. The summed E-state index contributed by atoms with van der Waals surface area (Å²) in [7, 11) is 0. The number of imidazole rings is 1. The van der Waals surface area contributed by atoms with E-state index in [1.807, 2.05) is 36.4 Å². The first-order valence-electron chi connectivity index (χ1n) is 9.02. The van der Waals surface area contributed by atoms with Crippen molar-refractivity contribution in [3.8, 4) is 0 Å². The molecule has 144 valence electrons. The van der Waals surface area contributed by atoms with Crippen LogP contribution in [0.2, 0.25) is 5.02 Å². The minimum atomic E-state index is -0.305. The topological polar surface area (TPSA) is 67.2 Å². The number of nitrogens with one attached hydrogen (secondary N) is 1. The zero-order valence-corrected chi connectivity index (χ0v) is 16.7. The maximum Gasteiger partial charge on any atom is 0.324 e. The molecule has 1 aliphatic rings. The van der Waals surface area contributed by atoms with Crippen molar-refractivity contribution >= 4 is 46.3 Å². The molecular weight excluding hydrogens is 396 g/mol. The molecule has 4 rings (SSSR count). The van der Waals surface area contributed by atoms with Crippen LogP contribution in [0.15, 0.2) is 53.7 Å². The van der Waals surface area contributed by atoms with Gasteiger partial charge in [-0.15, -0.1) is 0 Å². The molecule has 8 heteroatoms. The number of fused-ring (bicyclic) bond motifs is 1. The van der Waals surface area contributed by atoms with Crippen LogP contribution in [0.1, 0.15) is 12.0 Å². The molecule has 1 aliphatic heterocycles. The van der Waals surface area contributed by atoms with Crippen LogP contribution in [-0.2, 0) is 11.3 Å². The highest BCUT2D eigenvalue weighted by atomic mass is 35.5. The summed E-state index contributed by atoms with van der Waals surface area (Å²) in [5, 5.41) is 4.10. The van der Waals surface area contributed by atoms with Crippen molar-refractivity contribution < 1.29 is 9.59 Å². The Morgan fingerprint density at radius 1 is 1.14 bits per heavy atom. The maximum absolute atomic E-state index is 11.7. The molecule has 1 N–H and O–H groups in total. The molecular formula is C20H19ClN4O2S. The number of carbonyl (C=O) groups is 2. The van der Waals surface area contributed by atoms with E-state index in [-0.39, 0.29) is 18.5 Å². The quantitative estimate of drug-likeness (QED) is 0.363. The van der Waals surface area contributed by atoms with Gasteiger partial charge in [-0.3, -0.25) is 9.69 Å². The molecule has 0 aliphatic carbocycles. The van der Waals surface area contributed by atoms with Gasteiger partial charge in [0.05, 0.1) is 24.1 Å². The van der Waals surface area contributed by atoms with Crippen LogP contribution in [0, 0.1) is 0 Å². The van der Waals surface area contributed by atoms with Crippen molar-refractivity contribution in [2.24, 2.45) is 0 Å². The monoisotopic (exact) mass is 414 g/mol. The molecule has 0 saturated carbocycles. The highest BCUT2D eigenvalue weighted by molar-refractivity contribution is 7.99. The standard InChI is InChI=1S/C20H19ClN4O2S/c21-15-7-8-17-16(11-15)23-20(25(17)13-14-5-2-1-3-6-14)28-10-4-9-24-18(26)12-22-19(24)27/h1-3,5-8,11H,4,9-10,12-13H2,(H,22,27). The second kappa shape index (κ2) is 8.24. The lowest BCUT2D eigenvalue weighted by atomic mass is 10.2. The highest BCUT2D eigenvalue weighted by Crippen LogP contribution is 2.27. The number of thioether (sulfide) groups is 1. The summed E-state index contributed by atoms with van der Waals surface area (Å²) < 4.78 is 2.18. The molecule has 2 heterocycles. The molecule has 28 heavy (non-hydrogen) atoms. The van der Waals surface area contributed by atoms with Crippen molar-refractivity contribution in [1.29, 1.82) is 0 Å². The SMILES string of the molecule is O=C1CNC(=O)N1CCCSc1nc2cc(Cl)ccc2n1Cc1ccccc1. The van der Waals surface area contributed by atoms with Crippen molar-refractivity contribution in [1.82, 2.24) is 19.8 Å². The fourth-order valence-electron chi connectivity index (χ4n) is 3.18. The molecule has 1 fully saturated rings. The lowest BCUT2D eigenvalue weighted by Gasteiger charge is -2.12. The Morgan fingerprint density at radius 2 is 1.96 bits per heavy atom. The van der Waals surface area contributed by atoms with E-state index in [0.29, 0.717) is 24.5 Å². The van der Waals surface area contributed by atoms with E-state index in [2.05, 4.69) is 22.0 Å². The number of halogens is 1. The summed E-state index contributed by atoms with van der Waals surface area (Å²) in [4.78, 5) is 29.3. The fourth-order valence-corrected chi connectivity index (χ4v) is 4.28. The molecule has 0 unspecified atom stereocenters. The third-order valence-corrected chi connectivity index (χ3v) is 5.85. The molecule has 2 aromatic carbocycles. The third-order valence-electron chi connectivity index (χ3n) is 4.55. The number of rotatable bonds is 7. The van der Waals surface area contributed by atoms with Crippen LogP contribution in [0.4, 0.5) is 4.79 Å². The lowest BCUT2D eigenvalue weighted by molar-refractivity contribution is -0.124. The molecule has 3 amide bonds. The van der Waals surface area contributed by atoms with Crippen molar-refractivity contribution in [3.63, 3.8) is 0 Å². The van der Waals surface area contributed by atoms with E-state index in [4.69, 9.17) is 16.6 Å². The minimum absolute atomic E-state index is 0.0968. The van der Waals surface area contributed by atoms with E-state index >= 15 is 0 Å². The first-order chi connectivity index (χ1) is 13.6. The van der Waals surface area contributed by atoms with Gasteiger partial charge in [0.1, 0.15) is 0 Å². The number of urea groups is 1. The summed E-state index contributed by atoms with van der Waals surface area (Å²) in [6.07, 6.45) is 0.707. The Hall–Kier alpha value is -2.51. The first kappa shape index (κ1) is 18.8. The largest absolute Gasteiger partial charge is 0.329 e. The summed E-state index contributed by atoms with van der Waals surface area (Å²) in [5.74, 6) is 0.587. The number of amides is 3. The Labute approximate surface area is 171 Å². The molecule has 0 spiro atoms. The number of hydrogen-bond donors (Lipinski definition) is 1. The second-order valence-corrected chi connectivity index (χ2v) is 8.00. The van der Waals surface area contributed by atoms with Gasteiger partial charge in [0.25, 0.3) is 0 Å². The van der Waals surface area contributed by atoms with E-state index in [0.717, 1.165) is 21.9 Å². The molecule has 3 aromatic rings. The van der Waals surface area contributed by atoms with Gasteiger partial charge in [-0.1, -0.05) is 53.7 Å². The van der Waals surface area contributed by atoms with Crippen LogP contribution >= 0.6 is 23.4 Å². The Balaban J connectivity index is 1.50. The van der Waals surface area contributed by atoms with E-state index < -0.39 is 0 Å². The zero-order valence-electron chi connectivity index (χ0n) is 15.1. The molecule has 1 saturated heterocycles. The summed E-state index contributed by atoms with van der Waals surface area (Å²) in [5.41, 5.74) is 3.09. The van der Waals surface area contributed by atoms with Gasteiger partial charge in [0.2, 0.25) is 5.91 Å². The number of hydrogen-bond acceptors (Lipinski definition) is 4. The Bertz CT molecular complexity index is 1010. The molecule has 0 atom stereocenters. The molecule has 0 radical (unpaired) electrons. The van der Waals surface area contributed by atoms with Crippen molar-refractivity contribution in [2.45, 2.75) is 18.1 Å². The number of aromatic nitrogens is 2. The van der Waals surface area contributed by atoms with Gasteiger partial charge in [-0.05, 0) is 30.2 Å². The van der Waals surface area contributed by atoms with Crippen LogP contribution in [0.25, 0.3) is 11.0 Å². The van der Waals surface area contributed by atoms with Gasteiger partial charge < -0.3 is 9.88 Å². The Kier molecular flexibility index (Phi) is 5.54. The summed E-state index contributed by atoms with van der Waals surface area (Å²) in [6.45, 7) is 1.23. The highest BCUT2D eigenvalue weighted by Gasteiger charge is 2.27. The molecule has 0 bridgehead atoms. The van der Waals surface area contributed by atoms with Gasteiger partial charge in [-0.25, -0.2) is 9.78 Å². The number of nitrogens with zero attached hydrogens (tertiary/aromatic N) is 3. The number of carbonyl (C=O) groups excluding carboxylic acids is 2. The van der Waals surface area contributed by atoms with Gasteiger partial charge in [-0.2, -0.15) is 0 Å². The van der Waals surface area contributed by atoms with Gasteiger partial charge in [0.15, 0.2) is 5.16 Å². The van der Waals surface area contributed by atoms with E-state index in [1.165, 1.54) is 10.5 Å². The molecule has 6 nitrogen and oxygen atoms in total. The summed E-state index contributed by atoms with van der Waals surface area (Å²) in [6, 6.07) is 15.7. The van der Waals surface area contributed by atoms with Crippen LogP contribution in [0.3, 0.4) is 0 Å². The van der Waals surface area contributed by atoms with Crippen molar-refractivity contribution in [3.05, 3.63) is 59.1 Å². The van der Waals surface area contributed by atoms with Crippen LogP contribution < -0.4 is 5.32 Å². The normalized spacial score (nSPS) is 14.1. The predicted molar refractivity (Wildman–Crippen MR) is 111 cm³/mol. The second-order valence-electron chi connectivity index (χ2n) is 6.51. The fraction of sp³-hybridized carbons (Fsp3) is 0.250. The van der Waals surface area contributed by atoms with E-state index in [9.17, 15) is 9.59 Å². The molecule has 1 aromatic heterocycles. The van der Waals surface area contributed by atoms with Gasteiger partial charge >= 0.3 is 6.03 Å². The smallest absolute Gasteiger partial charge is 0.324 e. The van der Waals surface area contributed by atoms with Crippen LogP contribution in [-0.4, -0.2) is 45.2 Å². The van der Waals surface area contributed by atoms with Crippen molar-refractivity contribution in [2.75, 3.05) is 18.8 Å². The average Bonchev–Trinajstić information content (AvgIpc) is 3.19. The van der Waals surface area contributed by atoms with Gasteiger partial charge in [0, 0.05) is 17.3 Å². The number of imide groups is 1. The van der Waals surface area contributed by atoms with Crippen LogP contribution in [0.5, 0.6) is 0 Å². The third kappa shape index (κ3) is 4.00. The Morgan fingerprint density at radius 3 is 2.71 bits per heavy atom. The summed E-state index contributed by atoms with van der Waals surface area (Å²) >= 11 is 7.76. The first-order valence-corrected chi connectivity index (χ1v) is 10.4. The maximum atomic E-state index is 11.7. The zero-order chi connectivity index (χ0) is 19.5. The van der Waals surface area contributed by atoms with E-state index in [1.54, 1.807) is 11.8 Å². The average molecular weight is 415 g/mol. The predicted octanol–water partition coefficient (Wildman–Crippen LogP) is 3.77.